The van der Waals surface area contributed by atoms with Gasteiger partial charge < -0.3 is 16.4 Å². The van der Waals surface area contributed by atoms with Gasteiger partial charge in [0.15, 0.2) is 5.78 Å². The van der Waals surface area contributed by atoms with E-state index in [4.69, 9.17) is 5.73 Å². The third kappa shape index (κ3) is 10.9. The van der Waals surface area contributed by atoms with Crippen LogP contribution in [-0.2, 0) is 25.6 Å². The molecule has 4 atom stereocenters. The standard InChI is InChI=1S/C43H53N3O4/c1-4-30(3)40(45-43(50)37(28-38(47)5-2)27-31-23-24-32-16-12-13-21-35(32)26-31)39(48)29-36(22-14-15-25-44)42(49)46-41(33-17-8-6-9-18-33)34-19-10-7-11-20-34/h6-13,16-21,23-24,26,30,36-37,40-41H,4-5,14-15,22,25,27-29,44H2,1-3H3,(H,45,50)(H,46,49)/t30-,36+,37+,40-/m0/s1. The largest absolute Gasteiger partial charge is 0.346 e. The highest BCUT2D eigenvalue weighted by Crippen LogP contribution is 2.26. The Labute approximate surface area is 297 Å². The van der Waals surface area contributed by atoms with Gasteiger partial charge in [0.25, 0.3) is 0 Å². The fourth-order valence-electron chi connectivity index (χ4n) is 6.51. The minimum absolute atomic E-state index is 0.000353. The van der Waals surface area contributed by atoms with Gasteiger partial charge in [0, 0.05) is 31.1 Å². The van der Waals surface area contributed by atoms with Crippen molar-refractivity contribution >= 4 is 34.2 Å². The predicted molar refractivity (Wildman–Crippen MR) is 201 cm³/mol. The van der Waals surface area contributed by atoms with E-state index in [9.17, 15) is 19.2 Å². The van der Waals surface area contributed by atoms with Crippen LogP contribution in [0.1, 0.15) is 88.4 Å². The van der Waals surface area contributed by atoms with Crippen LogP contribution < -0.4 is 16.4 Å². The molecule has 4 aromatic carbocycles. The summed E-state index contributed by atoms with van der Waals surface area (Å²) in [4.78, 5) is 54.9. The minimum atomic E-state index is -0.785. The van der Waals surface area contributed by atoms with E-state index in [-0.39, 0.29) is 48.2 Å². The van der Waals surface area contributed by atoms with Crippen LogP contribution >= 0.6 is 0 Å². The van der Waals surface area contributed by atoms with Gasteiger partial charge in [0.1, 0.15) is 5.78 Å². The van der Waals surface area contributed by atoms with Crippen LogP contribution in [-0.4, -0.2) is 36.0 Å². The third-order valence-corrected chi connectivity index (χ3v) is 9.77. The van der Waals surface area contributed by atoms with E-state index in [2.05, 4.69) is 16.7 Å². The molecule has 4 rings (SSSR count). The number of ketones is 2. The maximum Gasteiger partial charge on any atom is 0.224 e. The van der Waals surface area contributed by atoms with Crippen LogP contribution in [0.15, 0.2) is 103 Å². The molecule has 0 aromatic heterocycles. The number of hydrogen-bond acceptors (Lipinski definition) is 5. The van der Waals surface area contributed by atoms with Crippen LogP contribution in [0.3, 0.4) is 0 Å². The number of nitrogens with two attached hydrogens (primary N) is 1. The summed E-state index contributed by atoms with van der Waals surface area (Å²) in [7, 11) is 0. The summed E-state index contributed by atoms with van der Waals surface area (Å²) in [6, 6.07) is 32.6. The van der Waals surface area contributed by atoms with Crippen molar-refractivity contribution in [2.45, 2.75) is 84.2 Å². The Balaban J connectivity index is 1.55. The van der Waals surface area contributed by atoms with Gasteiger partial charge in [0.2, 0.25) is 11.8 Å². The van der Waals surface area contributed by atoms with Gasteiger partial charge in [-0.05, 0) is 59.2 Å². The second-order valence-electron chi connectivity index (χ2n) is 13.5. The van der Waals surface area contributed by atoms with E-state index < -0.39 is 17.9 Å². The monoisotopic (exact) mass is 675 g/mol. The minimum Gasteiger partial charge on any atom is -0.346 e. The lowest BCUT2D eigenvalue weighted by molar-refractivity contribution is -0.135. The molecular weight excluding hydrogens is 622 g/mol. The molecular formula is C43H53N3O4. The molecule has 0 aliphatic carbocycles. The molecule has 0 bridgehead atoms. The van der Waals surface area contributed by atoms with Gasteiger partial charge in [0.05, 0.1) is 12.1 Å². The van der Waals surface area contributed by atoms with Crippen molar-refractivity contribution in [1.29, 1.82) is 0 Å². The Morgan fingerprint density at radius 1 is 0.680 bits per heavy atom. The zero-order chi connectivity index (χ0) is 35.9. The molecule has 0 aliphatic heterocycles. The van der Waals surface area contributed by atoms with Crippen molar-refractivity contribution in [3.05, 3.63) is 120 Å². The molecule has 0 radical (unpaired) electrons. The highest BCUT2D eigenvalue weighted by molar-refractivity contribution is 5.94. The van der Waals surface area contributed by atoms with E-state index in [0.717, 1.165) is 33.9 Å². The molecule has 4 aromatic rings. The second kappa shape index (κ2) is 19.5. The number of carbonyl (C=O) groups excluding carboxylic acids is 4. The Bertz CT molecular complexity index is 1650. The lowest BCUT2D eigenvalue weighted by Gasteiger charge is -2.28. The quantitative estimate of drug-likeness (QED) is 0.0839. The van der Waals surface area contributed by atoms with Crippen molar-refractivity contribution < 1.29 is 19.2 Å². The molecule has 0 unspecified atom stereocenters. The van der Waals surface area contributed by atoms with Crippen LogP contribution in [0.5, 0.6) is 0 Å². The molecule has 7 heteroatoms. The van der Waals surface area contributed by atoms with E-state index >= 15 is 0 Å². The molecule has 0 spiro atoms. The first kappa shape index (κ1) is 38.2. The molecule has 7 nitrogen and oxygen atoms in total. The van der Waals surface area contributed by atoms with E-state index in [0.29, 0.717) is 38.6 Å². The third-order valence-electron chi connectivity index (χ3n) is 9.77. The van der Waals surface area contributed by atoms with Crippen molar-refractivity contribution in [3.63, 3.8) is 0 Å². The maximum absolute atomic E-state index is 14.2. The normalized spacial score (nSPS) is 13.7. The number of nitrogens with one attached hydrogen (secondary N) is 2. The number of hydrogen-bond donors (Lipinski definition) is 3. The van der Waals surface area contributed by atoms with Crippen LogP contribution in [0.4, 0.5) is 0 Å². The molecule has 0 heterocycles. The number of amides is 2. The summed E-state index contributed by atoms with van der Waals surface area (Å²) in [6.45, 7) is 6.23. The Kier molecular flexibility index (Phi) is 14.9. The lowest BCUT2D eigenvalue weighted by Crippen LogP contribution is -2.49. The zero-order valence-electron chi connectivity index (χ0n) is 29.8. The number of unbranched alkanes of at least 4 members (excludes halogenated alkanes) is 1. The van der Waals surface area contributed by atoms with Gasteiger partial charge >= 0.3 is 0 Å². The van der Waals surface area contributed by atoms with Crippen LogP contribution in [0.2, 0.25) is 0 Å². The SMILES string of the molecule is CCC(=O)C[C@@H](Cc1ccc2ccccc2c1)C(=O)N[C@H](C(=O)C[C@@H](CCCCN)C(=O)NC(c1ccccc1)c1ccccc1)[C@@H](C)CC. The summed E-state index contributed by atoms with van der Waals surface area (Å²) < 4.78 is 0. The second-order valence-corrected chi connectivity index (χ2v) is 13.5. The van der Waals surface area contributed by atoms with Gasteiger partial charge in [-0.2, -0.15) is 0 Å². The summed E-state index contributed by atoms with van der Waals surface area (Å²) in [6.07, 6.45) is 3.42. The van der Waals surface area contributed by atoms with Gasteiger partial charge in [-0.15, -0.1) is 0 Å². The summed E-state index contributed by atoms with van der Waals surface area (Å²) >= 11 is 0. The number of Topliss-reactive ketones (excluding diaryl/α,β-unsaturated/α-hetero) is 2. The van der Waals surface area contributed by atoms with Crippen LogP contribution in [0, 0.1) is 17.8 Å². The topological polar surface area (TPSA) is 118 Å². The van der Waals surface area contributed by atoms with Gasteiger partial charge in [-0.3, -0.25) is 19.2 Å². The van der Waals surface area contributed by atoms with Crippen molar-refractivity contribution in [1.82, 2.24) is 10.6 Å². The van der Waals surface area contributed by atoms with E-state index in [1.807, 2.05) is 111 Å². The summed E-state index contributed by atoms with van der Waals surface area (Å²) in [5.74, 6) is -2.07. The van der Waals surface area contributed by atoms with E-state index in [1.54, 1.807) is 6.92 Å². The molecule has 0 aliphatic rings. The zero-order valence-corrected chi connectivity index (χ0v) is 29.8. The maximum atomic E-state index is 14.2. The molecule has 0 saturated carbocycles. The highest BCUT2D eigenvalue weighted by Gasteiger charge is 2.33. The molecule has 2 amide bonds. The lowest BCUT2D eigenvalue weighted by atomic mass is 9.86. The summed E-state index contributed by atoms with van der Waals surface area (Å²) in [5.41, 5.74) is 8.66. The van der Waals surface area contributed by atoms with Gasteiger partial charge in [-0.25, -0.2) is 0 Å². The Hall–Kier alpha value is -4.62. The summed E-state index contributed by atoms with van der Waals surface area (Å²) in [5, 5.41) is 8.48. The number of fused-ring (bicyclic) bond motifs is 1. The van der Waals surface area contributed by atoms with Crippen LogP contribution in [0.25, 0.3) is 10.8 Å². The first-order chi connectivity index (χ1) is 24.2. The van der Waals surface area contributed by atoms with Crippen molar-refractivity contribution in [2.24, 2.45) is 23.5 Å². The molecule has 0 fully saturated rings. The molecule has 0 saturated heterocycles. The fourth-order valence-corrected chi connectivity index (χ4v) is 6.51. The Morgan fingerprint density at radius 3 is 1.88 bits per heavy atom. The average Bonchev–Trinajstić information content (AvgIpc) is 3.15. The number of rotatable bonds is 20. The molecule has 50 heavy (non-hydrogen) atoms. The van der Waals surface area contributed by atoms with Crippen molar-refractivity contribution in [2.75, 3.05) is 6.54 Å². The number of carbonyl (C=O) groups is 4. The molecule has 264 valence electrons. The average molecular weight is 676 g/mol. The van der Waals surface area contributed by atoms with E-state index in [1.165, 1.54) is 0 Å². The fraction of sp³-hybridized carbons (Fsp3) is 0.395. The highest BCUT2D eigenvalue weighted by atomic mass is 16.2. The predicted octanol–water partition coefficient (Wildman–Crippen LogP) is 7.51. The Morgan fingerprint density at radius 2 is 1.28 bits per heavy atom. The first-order valence-electron chi connectivity index (χ1n) is 18.2. The first-order valence-corrected chi connectivity index (χ1v) is 18.2. The van der Waals surface area contributed by atoms with Crippen molar-refractivity contribution in [3.8, 4) is 0 Å². The molecule has 4 N–H and O–H groups in total. The smallest absolute Gasteiger partial charge is 0.224 e. The van der Waals surface area contributed by atoms with Gasteiger partial charge in [-0.1, -0.05) is 137 Å². The number of benzene rings is 4.